The Morgan fingerprint density at radius 3 is 2.15 bits per heavy atom. The highest BCUT2D eigenvalue weighted by Gasteiger charge is 2.32. The van der Waals surface area contributed by atoms with Crippen molar-refractivity contribution >= 4 is 21.6 Å². The fraction of sp³-hybridized carbons (Fsp3) is 0.720. The van der Waals surface area contributed by atoms with E-state index in [1.807, 2.05) is 6.07 Å². The summed E-state index contributed by atoms with van der Waals surface area (Å²) in [7, 11) is -3.67. The maximum absolute atomic E-state index is 13.7. The molecule has 0 atom stereocenters. The topological polar surface area (TPSA) is 73.0 Å². The van der Waals surface area contributed by atoms with Crippen molar-refractivity contribution in [1.29, 1.82) is 0 Å². The van der Waals surface area contributed by atoms with E-state index >= 15 is 0 Å². The normalized spacial score (nSPS) is 19.2. The summed E-state index contributed by atoms with van der Waals surface area (Å²) < 4.78 is 29.1. The number of nitrogens with one attached hydrogen (secondary N) is 1. The average Bonchev–Trinajstić information content (AvgIpc) is 2.82. The lowest BCUT2D eigenvalue weighted by atomic mass is 9.98. The van der Waals surface area contributed by atoms with Crippen molar-refractivity contribution in [2.45, 2.75) is 58.3 Å². The predicted octanol–water partition coefficient (Wildman–Crippen LogP) is 3.42. The van der Waals surface area contributed by atoms with Crippen molar-refractivity contribution in [3.63, 3.8) is 0 Å². The van der Waals surface area contributed by atoms with E-state index in [4.69, 9.17) is 0 Å². The minimum Gasteiger partial charge on any atom is -0.370 e. The molecule has 0 bridgehead atoms. The number of likely N-dealkylation sites (N-methyl/N-ethyl adjacent to an activating group) is 1. The van der Waals surface area contributed by atoms with Crippen LogP contribution in [0.1, 0.15) is 63.7 Å². The third-order valence-corrected chi connectivity index (χ3v) is 9.24. The van der Waals surface area contributed by atoms with Gasteiger partial charge in [0.1, 0.15) is 4.90 Å². The molecule has 2 heterocycles. The van der Waals surface area contributed by atoms with E-state index in [1.54, 1.807) is 16.4 Å². The third kappa shape index (κ3) is 6.49. The van der Waals surface area contributed by atoms with E-state index in [0.29, 0.717) is 37.0 Å². The van der Waals surface area contributed by atoms with Crippen molar-refractivity contribution in [3.05, 3.63) is 23.8 Å². The van der Waals surface area contributed by atoms with E-state index in [0.717, 1.165) is 64.1 Å². The highest BCUT2D eigenvalue weighted by Crippen LogP contribution is 2.33. The molecule has 0 unspecified atom stereocenters. The zero-order valence-electron chi connectivity index (χ0n) is 20.8. The molecule has 1 N–H and O–H groups in total. The Balaban J connectivity index is 1.86. The van der Waals surface area contributed by atoms with E-state index < -0.39 is 10.0 Å². The maximum atomic E-state index is 13.7. The number of carbonyl (C=O) groups excluding carboxylic acids is 1. The van der Waals surface area contributed by atoms with Gasteiger partial charge in [-0.3, -0.25) is 4.79 Å². The first-order valence-electron chi connectivity index (χ1n) is 12.7. The molecule has 0 saturated carbocycles. The smallest absolute Gasteiger partial charge is 0.251 e. The Kier molecular flexibility index (Phi) is 9.18. The molecule has 1 aromatic carbocycles. The molecule has 0 aromatic heterocycles. The van der Waals surface area contributed by atoms with E-state index in [2.05, 4.69) is 42.8 Å². The van der Waals surface area contributed by atoms with Gasteiger partial charge in [-0.15, -0.1) is 0 Å². The van der Waals surface area contributed by atoms with Crippen LogP contribution in [0.4, 0.5) is 5.69 Å². The molecule has 186 valence electrons. The Bertz CT molecular complexity index is 885. The molecule has 33 heavy (non-hydrogen) atoms. The van der Waals surface area contributed by atoms with E-state index in [-0.39, 0.29) is 10.8 Å². The highest BCUT2D eigenvalue weighted by molar-refractivity contribution is 7.89. The van der Waals surface area contributed by atoms with Crippen LogP contribution in [0.15, 0.2) is 23.1 Å². The van der Waals surface area contributed by atoms with Gasteiger partial charge in [0.2, 0.25) is 10.0 Å². The highest BCUT2D eigenvalue weighted by atomic mass is 32.2. The number of carbonyl (C=O) groups is 1. The first-order chi connectivity index (χ1) is 15.8. The van der Waals surface area contributed by atoms with Crippen molar-refractivity contribution in [2.24, 2.45) is 11.8 Å². The fourth-order valence-electron chi connectivity index (χ4n) is 4.71. The van der Waals surface area contributed by atoms with E-state index in [9.17, 15) is 13.2 Å². The molecule has 0 radical (unpaired) electrons. The zero-order chi connectivity index (χ0) is 24.0. The number of benzene rings is 1. The summed E-state index contributed by atoms with van der Waals surface area (Å²) in [6.45, 7) is 14.6. The Morgan fingerprint density at radius 1 is 1.00 bits per heavy atom. The molecule has 8 heteroatoms. The molecule has 3 rings (SSSR count). The van der Waals surface area contributed by atoms with Crippen molar-refractivity contribution in [3.8, 4) is 0 Å². The predicted molar refractivity (Wildman–Crippen MR) is 134 cm³/mol. The van der Waals surface area contributed by atoms with Gasteiger partial charge in [-0.2, -0.15) is 4.31 Å². The molecule has 2 aliphatic heterocycles. The van der Waals surface area contributed by atoms with Crippen LogP contribution in [0.3, 0.4) is 0 Å². The summed E-state index contributed by atoms with van der Waals surface area (Å²) in [6.07, 6.45) is 3.85. The van der Waals surface area contributed by atoms with Crippen LogP contribution in [0.2, 0.25) is 0 Å². The van der Waals surface area contributed by atoms with Crippen molar-refractivity contribution < 1.29 is 13.2 Å². The first-order valence-corrected chi connectivity index (χ1v) is 14.1. The van der Waals surface area contributed by atoms with Crippen LogP contribution in [0, 0.1) is 11.8 Å². The molecule has 1 aromatic rings. The summed E-state index contributed by atoms with van der Waals surface area (Å²) >= 11 is 0. The quantitative estimate of drug-likeness (QED) is 0.589. The van der Waals surface area contributed by atoms with Crippen molar-refractivity contribution in [2.75, 3.05) is 57.3 Å². The molecule has 1 amide bonds. The monoisotopic (exact) mass is 478 g/mol. The SMILES string of the molecule is CCN(CC)CCNC(=O)c1ccc(N2CCC(C)CC2)c(S(=O)(=O)N2CCC(C)CC2)c1. The molecule has 2 aliphatic rings. The maximum Gasteiger partial charge on any atom is 0.251 e. The average molecular weight is 479 g/mol. The largest absolute Gasteiger partial charge is 0.370 e. The molecule has 0 spiro atoms. The second kappa shape index (κ2) is 11.7. The van der Waals surface area contributed by atoms with E-state index in [1.165, 1.54) is 0 Å². The number of anilines is 1. The van der Waals surface area contributed by atoms with Gasteiger partial charge in [-0.05, 0) is 68.8 Å². The third-order valence-electron chi connectivity index (χ3n) is 7.31. The molecule has 0 aliphatic carbocycles. The van der Waals surface area contributed by atoms with Gasteiger partial charge in [0.05, 0.1) is 5.69 Å². The Morgan fingerprint density at radius 2 is 1.58 bits per heavy atom. The number of amides is 1. The number of piperidine rings is 2. The Labute approximate surface area is 200 Å². The van der Waals surface area contributed by atoms with Gasteiger partial charge in [0.25, 0.3) is 5.91 Å². The second-order valence-corrected chi connectivity index (χ2v) is 11.6. The number of rotatable bonds is 9. The van der Waals surface area contributed by atoms with Gasteiger partial charge in [-0.25, -0.2) is 8.42 Å². The molecule has 7 nitrogen and oxygen atoms in total. The zero-order valence-corrected chi connectivity index (χ0v) is 21.7. The lowest BCUT2D eigenvalue weighted by molar-refractivity contribution is 0.0948. The van der Waals surface area contributed by atoms with Gasteiger partial charge in [0, 0.05) is 44.8 Å². The number of hydrogen-bond donors (Lipinski definition) is 1. The molecule has 2 saturated heterocycles. The molecular weight excluding hydrogens is 436 g/mol. The van der Waals surface area contributed by atoms with Gasteiger partial charge >= 0.3 is 0 Å². The summed E-state index contributed by atoms with van der Waals surface area (Å²) in [5.41, 5.74) is 1.15. The van der Waals surface area contributed by atoms with Crippen LogP contribution in [0.5, 0.6) is 0 Å². The van der Waals surface area contributed by atoms with Gasteiger partial charge in [0.15, 0.2) is 0 Å². The van der Waals surface area contributed by atoms with Crippen LogP contribution in [-0.2, 0) is 10.0 Å². The number of nitrogens with zero attached hydrogens (tertiary/aromatic N) is 3. The molecule has 2 fully saturated rings. The van der Waals surface area contributed by atoms with Gasteiger partial charge < -0.3 is 15.1 Å². The lowest BCUT2D eigenvalue weighted by Crippen LogP contribution is -2.40. The van der Waals surface area contributed by atoms with Gasteiger partial charge in [-0.1, -0.05) is 27.7 Å². The summed E-state index contributed by atoms with van der Waals surface area (Å²) in [5.74, 6) is 0.979. The van der Waals surface area contributed by atoms with Crippen LogP contribution in [-0.4, -0.2) is 75.9 Å². The number of sulfonamides is 1. The lowest BCUT2D eigenvalue weighted by Gasteiger charge is -2.35. The summed E-state index contributed by atoms with van der Waals surface area (Å²) in [4.78, 5) is 17.6. The fourth-order valence-corrected chi connectivity index (χ4v) is 6.41. The molecular formula is C25H42N4O3S. The minimum atomic E-state index is -3.67. The second-order valence-electron chi connectivity index (χ2n) is 9.72. The Hall–Kier alpha value is -1.64. The standard InChI is InChI=1S/C25H42N4O3S/c1-5-27(6-2)18-13-26-25(30)22-7-8-23(28-14-9-20(3)10-15-28)24(19-22)33(31,32)29-16-11-21(4)12-17-29/h7-8,19-21H,5-6,9-18H2,1-4H3,(H,26,30). The van der Waals surface area contributed by atoms with Crippen LogP contribution >= 0.6 is 0 Å². The van der Waals surface area contributed by atoms with Crippen molar-refractivity contribution in [1.82, 2.24) is 14.5 Å². The van der Waals surface area contributed by atoms with Crippen LogP contribution in [0.25, 0.3) is 0 Å². The minimum absolute atomic E-state index is 0.218. The summed E-state index contributed by atoms with van der Waals surface area (Å²) in [5, 5.41) is 2.96. The number of hydrogen-bond acceptors (Lipinski definition) is 5. The summed E-state index contributed by atoms with van der Waals surface area (Å²) in [6, 6.07) is 5.22. The first kappa shape index (κ1) is 26.0. The van der Waals surface area contributed by atoms with Crippen LogP contribution < -0.4 is 10.2 Å².